The predicted octanol–water partition coefficient (Wildman–Crippen LogP) is 15.1. The number of hydrogen-bond donors (Lipinski definition) is 0. The minimum absolute atomic E-state index is 0.568. The van der Waals surface area contributed by atoms with Gasteiger partial charge in [0.1, 0.15) is 11.2 Å². The van der Waals surface area contributed by atoms with Crippen molar-refractivity contribution < 1.29 is 4.42 Å². The Bertz CT molecular complexity index is 3900. The first-order chi connectivity index (χ1) is 30.2. The fourth-order valence-electron chi connectivity index (χ4n) is 9.05. The van der Waals surface area contributed by atoms with Gasteiger partial charge in [-0.05, 0) is 87.6 Å². The van der Waals surface area contributed by atoms with Crippen molar-refractivity contribution in [1.29, 1.82) is 0 Å². The summed E-state index contributed by atoms with van der Waals surface area (Å²) < 4.78 is 11.3. The molecule has 0 saturated heterocycles. The molecule has 13 rings (SSSR count). The monoisotopic (exact) mass is 796 g/mol. The van der Waals surface area contributed by atoms with Crippen LogP contribution < -0.4 is 0 Å². The van der Waals surface area contributed by atoms with Gasteiger partial charge < -0.3 is 4.42 Å². The second kappa shape index (κ2) is 13.3. The number of furan rings is 1. The average Bonchev–Trinajstić information content (AvgIpc) is 4.00. The molecule has 0 N–H and O–H groups in total. The van der Waals surface area contributed by atoms with Crippen LogP contribution in [-0.2, 0) is 0 Å². The molecular weight excluding hydrogens is 765 g/mol. The highest BCUT2D eigenvalue weighted by Crippen LogP contribution is 2.40. The number of rotatable bonds is 5. The standard InChI is InChI=1S/C55H32N4OS/c1-2-11-34(12-3-1)53-56-54(40-23-27-46-45-15-7-9-17-51(45)61-52(46)32-40)58-55(57-53)59-47-16-8-6-14-41(47)42-24-20-37(29-48(42)59)39-22-26-44-43-25-21-38(30-49(43)60-50(44)31-39)36-19-18-33-10-4-5-13-35(33)28-36/h1-32H. The van der Waals surface area contributed by atoms with Crippen LogP contribution in [0.25, 0.3) is 126 Å². The van der Waals surface area contributed by atoms with Crippen molar-refractivity contribution in [1.82, 2.24) is 19.5 Å². The molecule has 4 heterocycles. The highest BCUT2D eigenvalue weighted by atomic mass is 32.1. The second-order valence-electron chi connectivity index (χ2n) is 15.6. The fourth-order valence-corrected chi connectivity index (χ4v) is 10.2. The molecule has 4 aromatic heterocycles. The molecule has 0 amide bonds. The summed E-state index contributed by atoms with van der Waals surface area (Å²) in [6, 6.07) is 68.7. The maximum atomic E-state index is 6.62. The lowest BCUT2D eigenvalue weighted by Gasteiger charge is -2.11. The largest absolute Gasteiger partial charge is 0.456 e. The molecule has 6 heteroatoms. The second-order valence-corrected chi connectivity index (χ2v) is 16.7. The van der Waals surface area contributed by atoms with Crippen LogP contribution in [0.1, 0.15) is 0 Å². The highest BCUT2D eigenvalue weighted by Gasteiger charge is 2.20. The van der Waals surface area contributed by atoms with E-state index >= 15 is 0 Å². The Balaban J connectivity index is 0.958. The van der Waals surface area contributed by atoms with Gasteiger partial charge in [0.05, 0.1) is 11.0 Å². The third-order valence-corrected chi connectivity index (χ3v) is 13.2. The van der Waals surface area contributed by atoms with E-state index in [1.165, 1.54) is 36.5 Å². The van der Waals surface area contributed by atoms with Crippen molar-refractivity contribution in [3.63, 3.8) is 0 Å². The lowest BCUT2D eigenvalue weighted by atomic mass is 9.99. The van der Waals surface area contributed by atoms with E-state index in [4.69, 9.17) is 19.4 Å². The third kappa shape index (κ3) is 5.50. The van der Waals surface area contributed by atoms with Gasteiger partial charge in [0.2, 0.25) is 5.95 Å². The zero-order chi connectivity index (χ0) is 40.0. The van der Waals surface area contributed by atoms with Gasteiger partial charge in [-0.25, -0.2) is 4.98 Å². The highest BCUT2D eigenvalue weighted by molar-refractivity contribution is 7.25. The van der Waals surface area contributed by atoms with Crippen molar-refractivity contribution in [2.45, 2.75) is 0 Å². The fraction of sp³-hybridized carbons (Fsp3) is 0. The zero-order valence-electron chi connectivity index (χ0n) is 32.6. The number of aromatic nitrogens is 4. The lowest BCUT2D eigenvalue weighted by molar-refractivity contribution is 0.669. The van der Waals surface area contributed by atoms with Gasteiger partial charge in [0, 0.05) is 52.8 Å². The Labute approximate surface area is 353 Å². The normalized spacial score (nSPS) is 11.9. The maximum absolute atomic E-state index is 6.62. The van der Waals surface area contributed by atoms with Crippen molar-refractivity contribution in [3.05, 3.63) is 194 Å². The smallest absolute Gasteiger partial charge is 0.238 e. The van der Waals surface area contributed by atoms with Crippen molar-refractivity contribution >= 4 is 86.0 Å². The van der Waals surface area contributed by atoms with E-state index in [9.17, 15) is 0 Å². The summed E-state index contributed by atoms with van der Waals surface area (Å²) in [7, 11) is 0. The van der Waals surface area contributed by atoms with Crippen LogP contribution in [0.4, 0.5) is 0 Å². The molecule has 5 nitrogen and oxygen atoms in total. The molecule has 9 aromatic carbocycles. The molecule has 61 heavy (non-hydrogen) atoms. The number of fused-ring (bicyclic) bond motifs is 10. The minimum Gasteiger partial charge on any atom is -0.456 e. The quantitative estimate of drug-likeness (QED) is 0.174. The van der Waals surface area contributed by atoms with Gasteiger partial charge in [-0.15, -0.1) is 11.3 Å². The maximum Gasteiger partial charge on any atom is 0.238 e. The molecule has 0 fully saturated rings. The Morgan fingerprint density at radius 1 is 0.344 bits per heavy atom. The molecule has 0 aliphatic heterocycles. The summed E-state index contributed by atoms with van der Waals surface area (Å²) in [6.07, 6.45) is 0. The van der Waals surface area contributed by atoms with Crippen molar-refractivity contribution in [2.75, 3.05) is 0 Å². The van der Waals surface area contributed by atoms with Gasteiger partial charge in [0.15, 0.2) is 11.6 Å². The van der Waals surface area contributed by atoms with Crippen LogP contribution in [0.15, 0.2) is 199 Å². The molecule has 13 aromatic rings. The number of hydrogen-bond acceptors (Lipinski definition) is 5. The molecule has 0 saturated carbocycles. The van der Waals surface area contributed by atoms with Gasteiger partial charge >= 0.3 is 0 Å². The van der Waals surface area contributed by atoms with Gasteiger partial charge in [-0.2, -0.15) is 9.97 Å². The molecular formula is C55H32N4OS. The number of nitrogens with zero attached hydrogens (tertiary/aromatic N) is 4. The van der Waals surface area contributed by atoms with Gasteiger partial charge in [-0.1, -0.05) is 140 Å². The Kier molecular flexibility index (Phi) is 7.41. The zero-order valence-corrected chi connectivity index (χ0v) is 33.4. The topological polar surface area (TPSA) is 56.7 Å². The van der Waals surface area contributed by atoms with Crippen LogP contribution in [0.2, 0.25) is 0 Å². The first-order valence-electron chi connectivity index (χ1n) is 20.4. The first kappa shape index (κ1) is 34.0. The van der Waals surface area contributed by atoms with Crippen LogP contribution in [0, 0.1) is 0 Å². The summed E-state index contributed by atoms with van der Waals surface area (Å²) in [6.45, 7) is 0. The van der Waals surface area contributed by atoms with Crippen LogP contribution in [0.5, 0.6) is 0 Å². The molecule has 0 aliphatic carbocycles. The Morgan fingerprint density at radius 2 is 0.902 bits per heavy atom. The molecule has 0 spiro atoms. The summed E-state index contributed by atoms with van der Waals surface area (Å²) in [5.74, 6) is 1.82. The Morgan fingerprint density at radius 3 is 1.70 bits per heavy atom. The van der Waals surface area contributed by atoms with Gasteiger partial charge in [-0.3, -0.25) is 4.57 Å². The van der Waals surface area contributed by atoms with E-state index in [-0.39, 0.29) is 0 Å². The van der Waals surface area contributed by atoms with E-state index in [1.807, 2.05) is 18.2 Å². The molecule has 0 unspecified atom stereocenters. The van der Waals surface area contributed by atoms with Crippen LogP contribution >= 0.6 is 11.3 Å². The molecule has 0 bridgehead atoms. The van der Waals surface area contributed by atoms with Crippen LogP contribution in [-0.4, -0.2) is 19.5 Å². The number of thiophene rings is 1. The molecule has 0 atom stereocenters. The van der Waals surface area contributed by atoms with E-state index in [0.717, 1.165) is 71.6 Å². The van der Waals surface area contributed by atoms with E-state index in [0.29, 0.717) is 17.6 Å². The van der Waals surface area contributed by atoms with Gasteiger partial charge in [0.25, 0.3) is 0 Å². The molecule has 0 aliphatic rings. The lowest BCUT2D eigenvalue weighted by Crippen LogP contribution is -2.06. The third-order valence-electron chi connectivity index (χ3n) is 12.1. The van der Waals surface area contributed by atoms with Crippen molar-refractivity contribution in [2.24, 2.45) is 0 Å². The Hall–Kier alpha value is -7.93. The van der Waals surface area contributed by atoms with E-state index < -0.39 is 0 Å². The summed E-state index contributed by atoms with van der Waals surface area (Å²) >= 11 is 1.79. The minimum atomic E-state index is 0.568. The predicted molar refractivity (Wildman–Crippen MR) is 254 cm³/mol. The summed E-state index contributed by atoms with van der Waals surface area (Å²) in [5, 5.41) is 9.42. The van der Waals surface area contributed by atoms with E-state index in [2.05, 4.69) is 180 Å². The number of para-hydroxylation sites is 1. The first-order valence-corrected chi connectivity index (χ1v) is 21.2. The summed E-state index contributed by atoms with van der Waals surface area (Å²) in [5.41, 5.74) is 10.1. The van der Waals surface area contributed by atoms with Crippen molar-refractivity contribution in [3.8, 4) is 51.0 Å². The molecule has 0 radical (unpaired) electrons. The molecule has 284 valence electrons. The SMILES string of the molecule is c1ccc(-c2nc(-c3ccc4c(c3)sc3ccccc34)nc(-n3c4ccccc4c4ccc(-c5ccc6c(c5)oc5cc(-c7ccc8ccccc8c7)ccc56)cc43)n2)cc1. The van der Waals surface area contributed by atoms with Crippen LogP contribution in [0.3, 0.4) is 0 Å². The van der Waals surface area contributed by atoms with E-state index in [1.54, 1.807) is 11.3 Å². The number of benzene rings is 9. The average molecular weight is 797 g/mol. The summed E-state index contributed by atoms with van der Waals surface area (Å²) in [4.78, 5) is 15.6.